The average molecular weight is 177 g/mol. The van der Waals surface area contributed by atoms with Gasteiger partial charge in [-0.2, -0.15) is 0 Å². The molecule has 0 amide bonds. The molecule has 0 N–H and O–H groups in total. The van der Waals surface area contributed by atoms with Gasteiger partial charge >= 0.3 is 0 Å². The molecule has 2 rings (SSSR count). The first kappa shape index (κ1) is 8.54. The van der Waals surface area contributed by atoms with Crippen molar-refractivity contribution in [3.8, 4) is 5.88 Å². The van der Waals surface area contributed by atoms with Crippen molar-refractivity contribution < 1.29 is 4.74 Å². The zero-order valence-corrected chi connectivity index (χ0v) is 8.37. The lowest BCUT2D eigenvalue weighted by Gasteiger charge is -2.06. The van der Waals surface area contributed by atoms with Crippen LogP contribution in [0.15, 0.2) is 18.2 Å². The highest BCUT2D eigenvalue weighted by Gasteiger charge is 2.48. The van der Waals surface area contributed by atoms with Crippen LogP contribution in [-0.4, -0.2) is 11.1 Å². The van der Waals surface area contributed by atoms with Crippen LogP contribution in [0.4, 0.5) is 0 Å². The summed E-state index contributed by atoms with van der Waals surface area (Å²) >= 11 is 0. The summed E-state index contributed by atoms with van der Waals surface area (Å²) in [5, 5.41) is 0. The average Bonchev–Trinajstić information content (AvgIpc) is 2.58. The van der Waals surface area contributed by atoms with Crippen LogP contribution in [-0.2, 0) is 0 Å². The molecule has 0 radical (unpaired) electrons. The highest BCUT2D eigenvalue weighted by atomic mass is 16.5. The van der Waals surface area contributed by atoms with E-state index in [1.807, 2.05) is 25.1 Å². The zero-order valence-electron chi connectivity index (χ0n) is 8.37. The largest absolute Gasteiger partial charge is 0.474 e. The molecule has 70 valence electrons. The molecule has 13 heavy (non-hydrogen) atoms. The number of hydrogen-bond acceptors (Lipinski definition) is 2. The van der Waals surface area contributed by atoms with Gasteiger partial charge in [-0.1, -0.05) is 19.9 Å². The van der Waals surface area contributed by atoms with Crippen LogP contribution in [0.1, 0.15) is 26.0 Å². The van der Waals surface area contributed by atoms with Crippen molar-refractivity contribution in [3.05, 3.63) is 23.9 Å². The molecule has 2 heteroatoms. The number of rotatable bonds is 2. The molecular weight excluding hydrogens is 162 g/mol. The number of ether oxygens (including phenoxy) is 1. The molecule has 1 aromatic heterocycles. The van der Waals surface area contributed by atoms with Crippen LogP contribution in [0.25, 0.3) is 0 Å². The summed E-state index contributed by atoms with van der Waals surface area (Å²) in [5.74, 6) is 0.760. The van der Waals surface area contributed by atoms with Gasteiger partial charge in [0.05, 0.1) is 0 Å². The number of hydrogen-bond donors (Lipinski definition) is 0. The fourth-order valence-corrected chi connectivity index (χ4v) is 1.35. The van der Waals surface area contributed by atoms with Crippen LogP contribution in [0.3, 0.4) is 0 Å². The van der Waals surface area contributed by atoms with Gasteiger partial charge < -0.3 is 4.74 Å². The van der Waals surface area contributed by atoms with E-state index < -0.39 is 0 Å². The molecule has 1 aromatic rings. The van der Waals surface area contributed by atoms with Crippen molar-refractivity contribution in [2.75, 3.05) is 0 Å². The maximum Gasteiger partial charge on any atom is 0.213 e. The van der Waals surface area contributed by atoms with Crippen LogP contribution in [0, 0.1) is 12.3 Å². The molecule has 1 aliphatic carbocycles. The van der Waals surface area contributed by atoms with E-state index in [9.17, 15) is 0 Å². The molecule has 0 aromatic carbocycles. The molecule has 0 bridgehead atoms. The molecule has 2 nitrogen and oxygen atoms in total. The summed E-state index contributed by atoms with van der Waals surface area (Å²) in [6.45, 7) is 6.41. The quantitative estimate of drug-likeness (QED) is 0.692. The van der Waals surface area contributed by atoms with Crippen molar-refractivity contribution in [2.24, 2.45) is 5.41 Å². The lowest BCUT2D eigenvalue weighted by Crippen LogP contribution is -2.06. The molecule has 1 heterocycles. The molecule has 0 saturated heterocycles. The van der Waals surface area contributed by atoms with Gasteiger partial charge in [-0.3, -0.25) is 0 Å². The van der Waals surface area contributed by atoms with Crippen molar-refractivity contribution in [1.82, 2.24) is 4.98 Å². The highest BCUT2D eigenvalue weighted by molar-refractivity contribution is 5.16. The Morgan fingerprint density at radius 2 is 2.15 bits per heavy atom. The molecule has 1 unspecified atom stereocenters. The molecular formula is C11H15NO. The predicted molar refractivity (Wildman–Crippen MR) is 51.8 cm³/mol. The second-order valence-corrected chi connectivity index (χ2v) is 4.42. The first-order chi connectivity index (χ1) is 6.08. The topological polar surface area (TPSA) is 22.1 Å². The van der Waals surface area contributed by atoms with Gasteiger partial charge in [-0.15, -0.1) is 0 Å². The van der Waals surface area contributed by atoms with Gasteiger partial charge in [0.1, 0.15) is 6.10 Å². The number of nitrogens with zero attached hydrogens (tertiary/aromatic N) is 1. The van der Waals surface area contributed by atoms with E-state index in [1.54, 1.807) is 0 Å². The Morgan fingerprint density at radius 3 is 2.69 bits per heavy atom. The minimum Gasteiger partial charge on any atom is -0.474 e. The zero-order chi connectivity index (χ0) is 9.47. The first-order valence-electron chi connectivity index (χ1n) is 4.68. The minimum absolute atomic E-state index is 0.353. The van der Waals surface area contributed by atoms with Crippen molar-refractivity contribution in [3.63, 3.8) is 0 Å². The Kier molecular flexibility index (Phi) is 1.79. The molecule has 1 fully saturated rings. The van der Waals surface area contributed by atoms with E-state index in [2.05, 4.69) is 18.8 Å². The Labute approximate surface area is 78.9 Å². The third-order valence-corrected chi connectivity index (χ3v) is 2.55. The van der Waals surface area contributed by atoms with E-state index in [0.717, 1.165) is 18.0 Å². The summed E-state index contributed by atoms with van der Waals surface area (Å²) in [4.78, 5) is 4.30. The van der Waals surface area contributed by atoms with E-state index in [4.69, 9.17) is 4.74 Å². The molecule has 0 aliphatic heterocycles. The lowest BCUT2D eigenvalue weighted by molar-refractivity contribution is 0.250. The van der Waals surface area contributed by atoms with Crippen molar-refractivity contribution in [2.45, 2.75) is 33.3 Å². The number of pyridine rings is 1. The monoisotopic (exact) mass is 177 g/mol. The Hall–Kier alpha value is -1.05. The van der Waals surface area contributed by atoms with Crippen LogP contribution in [0.2, 0.25) is 0 Å². The summed E-state index contributed by atoms with van der Waals surface area (Å²) in [6.07, 6.45) is 1.50. The van der Waals surface area contributed by atoms with E-state index in [1.165, 1.54) is 0 Å². The lowest BCUT2D eigenvalue weighted by atomic mass is 10.2. The summed E-state index contributed by atoms with van der Waals surface area (Å²) in [7, 11) is 0. The van der Waals surface area contributed by atoms with E-state index in [-0.39, 0.29) is 0 Å². The van der Waals surface area contributed by atoms with Crippen molar-refractivity contribution in [1.29, 1.82) is 0 Å². The molecule has 1 aliphatic rings. The maximum absolute atomic E-state index is 5.71. The predicted octanol–water partition coefficient (Wildman–Crippen LogP) is 2.57. The highest BCUT2D eigenvalue weighted by Crippen LogP contribution is 2.46. The van der Waals surface area contributed by atoms with Gasteiger partial charge in [0.15, 0.2) is 0 Å². The van der Waals surface area contributed by atoms with Crippen LogP contribution < -0.4 is 4.74 Å². The standard InChI is InChI=1S/C11H15NO/c1-8-5-4-6-10(12-8)13-9-7-11(9,2)3/h4-6,9H,7H2,1-3H3. The minimum atomic E-state index is 0.353. The van der Waals surface area contributed by atoms with Gasteiger partial charge in [0, 0.05) is 17.2 Å². The fraction of sp³-hybridized carbons (Fsp3) is 0.545. The van der Waals surface area contributed by atoms with E-state index in [0.29, 0.717) is 11.5 Å². The summed E-state index contributed by atoms with van der Waals surface area (Å²) < 4.78 is 5.71. The number of aryl methyl sites for hydroxylation is 1. The van der Waals surface area contributed by atoms with Gasteiger partial charge in [0.2, 0.25) is 5.88 Å². The molecule has 0 spiro atoms. The van der Waals surface area contributed by atoms with Gasteiger partial charge in [-0.25, -0.2) is 4.98 Å². The van der Waals surface area contributed by atoms with Crippen LogP contribution in [0.5, 0.6) is 5.88 Å². The molecule has 1 saturated carbocycles. The van der Waals surface area contributed by atoms with E-state index >= 15 is 0 Å². The third-order valence-electron chi connectivity index (χ3n) is 2.55. The summed E-state index contributed by atoms with van der Waals surface area (Å²) in [5.41, 5.74) is 1.36. The third kappa shape index (κ3) is 1.82. The molecule has 1 atom stereocenters. The SMILES string of the molecule is Cc1cccc(OC2CC2(C)C)n1. The normalized spacial score (nSPS) is 24.1. The number of aromatic nitrogens is 1. The van der Waals surface area contributed by atoms with Gasteiger partial charge in [-0.05, 0) is 19.4 Å². The smallest absolute Gasteiger partial charge is 0.213 e. The fourth-order valence-electron chi connectivity index (χ4n) is 1.35. The second-order valence-electron chi connectivity index (χ2n) is 4.42. The van der Waals surface area contributed by atoms with Crippen molar-refractivity contribution >= 4 is 0 Å². The second kappa shape index (κ2) is 2.72. The summed E-state index contributed by atoms with van der Waals surface area (Å²) in [6, 6.07) is 5.87. The van der Waals surface area contributed by atoms with Gasteiger partial charge in [0.25, 0.3) is 0 Å². The first-order valence-corrected chi connectivity index (χ1v) is 4.68. The Balaban J connectivity index is 2.03. The Bertz CT molecular complexity index is 320. The maximum atomic E-state index is 5.71. The Morgan fingerprint density at radius 1 is 1.46 bits per heavy atom. The van der Waals surface area contributed by atoms with Crippen LogP contribution >= 0.6 is 0 Å².